The average molecular weight is 263 g/mol. The molecule has 0 spiro atoms. The van der Waals surface area contributed by atoms with Crippen LogP contribution < -0.4 is 0 Å². The molecule has 0 atom stereocenters. The minimum absolute atomic E-state index is 0.0223. The van der Waals surface area contributed by atoms with E-state index in [1.165, 1.54) is 6.92 Å². The summed E-state index contributed by atoms with van der Waals surface area (Å²) in [5.41, 5.74) is 1.49. The van der Waals surface area contributed by atoms with Crippen molar-refractivity contribution in [2.24, 2.45) is 0 Å². The number of imidazole rings is 1. The third-order valence-corrected chi connectivity index (χ3v) is 3.11. The number of nitrogens with zero attached hydrogens (tertiary/aromatic N) is 2. The highest BCUT2D eigenvalue weighted by molar-refractivity contribution is 6.34. The van der Waals surface area contributed by atoms with E-state index >= 15 is 0 Å². The fourth-order valence-electron chi connectivity index (χ4n) is 1.92. The van der Waals surface area contributed by atoms with Gasteiger partial charge in [-0.15, -0.1) is 0 Å². The second-order valence-corrected chi connectivity index (χ2v) is 4.59. The molecule has 2 rings (SSSR count). The van der Waals surface area contributed by atoms with Gasteiger partial charge in [-0.2, -0.15) is 0 Å². The van der Waals surface area contributed by atoms with E-state index in [0.717, 1.165) is 24.4 Å². The van der Waals surface area contributed by atoms with Crippen LogP contribution in [0, 0.1) is 0 Å². The average Bonchev–Trinajstić information content (AvgIpc) is 2.77. The fraction of sp³-hybridized carbons (Fsp3) is 0.286. The number of ketones is 1. The van der Waals surface area contributed by atoms with E-state index in [0.29, 0.717) is 10.6 Å². The monoisotopic (exact) mass is 262 g/mol. The third-order valence-electron chi connectivity index (χ3n) is 2.80. The van der Waals surface area contributed by atoms with Gasteiger partial charge in [0.1, 0.15) is 5.82 Å². The summed E-state index contributed by atoms with van der Waals surface area (Å²) in [6.07, 6.45) is 5.64. The minimum Gasteiger partial charge on any atom is -0.304 e. The molecule has 0 bridgehead atoms. The predicted molar refractivity (Wildman–Crippen MR) is 72.6 cm³/mol. The number of Topliss-reactive ketones (excluding diaryl/α,β-unsaturated/α-hetero) is 1. The second-order valence-electron chi connectivity index (χ2n) is 4.18. The summed E-state index contributed by atoms with van der Waals surface area (Å²) in [6, 6.07) is 5.46. The largest absolute Gasteiger partial charge is 0.304 e. The van der Waals surface area contributed by atoms with Crippen molar-refractivity contribution in [1.29, 1.82) is 0 Å². The number of hydrogen-bond donors (Lipinski definition) is 0. The van der Waals surface area contributed by atoms with Gasteiger partial charge >= 0.3 is 0 Å². The lowest BCUT2D eigenvalue weighted by Gasteiger charge is -2.09. The molecule has 0 N–H and O–H groups in total. The zero-order valence-corrected chi connectivity index (χ0v) is 11.2. The van der Waals surface area contributed by atoms with Gasteiger partial charge in [-0.25, -0.2) is 4.98 Å². The quantitative estimate of drug-likeness (QED) is 0.788. The molecular formula is C14H15ClN2O. The number of aryl methyl sites for hydroxylation is 1. The van der Waals surface area contributed by atoms with Crippen LogP contribution in [-0.2, 0) is 6.42 Å². The molecule has 3 nitrogen and oxygen atoms in total. The van der Waals surface area contributed by atoms with Crippen molar-refractivity contribution in [1.82, 2.24) is 9.55 Å². The maximum absolute atomic E-state index is 11.3. The van der Waals surface area contributed by atoms with Crippen molar-refractivity contribution >= 4 is 17.4 Å². The highest BCUT2D eigenvalue weighted by Gasteiger charge is 2.09. The first-order chi connectivity index (χ1) is 8.63. The Hall–Kier alpha value is -1.61. The molecule has 0 unspecified atom stereocenters. The molecule has 0 radical (unpaired) electrons. The van der Waals surface area contributed by atoms with Gasteiger partial charge in [-0.05, 0) is 31.5 Å². The summed E-state index contributed by atoms with van der Waals surface area (Å²) < 4.78 is 2.00. The molecule has 18 heavy (non-hydrogen) atoms. The lowest BCUT2D eigenvalue weighted by molar-refractivity contribution is 0.101. The van der Waals surface area contributed by atoms with Crippen LogP contribution >= 0.6 is 11.6 Å². The Bertz CT molecular complexity index is 575. The molecule has 1 aromatic carbocycles. The van der Waals surface area contributed by atoms with Gasteiger partial charge in [-0.3, -0.25) is 4.79 Å². The minimum atomic E-state index is -0.0223. The van der Waals surface area contributed by atoms with E-state index in [9.17, 15) is 4.79 Å². The van der Waals surface area contributed by atoms with Gasteiger partial charge in [-0.1, -0.05) is 18.5 Å². The topological polar surface area (TPSA) is 34.9 Å². The number of rotatable bonds is 4. The Morgan fingerprint density at radius 1 is 1.44 bits per heavy atom. The van der Waals surface area contributed by atoms with E-state index in [4.69, 9.17) is 11.6 Å². The molecule has 94 valence electrons. The van der Waals surface area contributed by atoms with Crippen LogP contribution in [0.2, 0.25) is 5.02 Å². The molecule has 1 aromatic heterocycles. The Morgan fingerprint density at radius 2 is 2.22 bits per heavy atom. The fourth-order valence-corrected chi connectivity index (χ4v) is 2.23. The molecule has 2 aromatic rings. The molecule has 0 saturated carbocycles. The highest BCUT2D eigenvalue weighted by atomic mass is 35.5. The van der Waals surface area contributed by atoms with Crippen molar-refractivity contribution in [2.75, 3.05) is 0 Å². The predicted octanol–water partition coefficient (Wildman–Crippen LogP) is 3.68. The van der Waals surface area contributed by atoms with Crippen molar-refractivity contribution < 1.29 is 4.79 Å². The summed E-state index contributed by atoms with van der Waals surface area (Å²) in [5, 5.41) is 0.483. The molecule has 0 fully saturated rings. The van der Waals surface area contributed by atoms with Crippen molar-refractivity contribution in [2.45, 2.75) is 26.7 Å². The first-order valence-electron chi connectivity index (χ1n) is 5.96. The van der Waals surface area contributed by atoms with Crippen molar-refractivity contribution in [3.05, 3.63) is 47.0 Å². The summed E-state index contributed by atoms with van der Waals surface area (Å²) in [5.74, 6) is 0.982. The van der Waals surface area contributed by atoms with E-state index < -0.39 is 0 Å². The van der Waals surface area contributed by atoms with Crippen molar-refractivity contribution in [3.8, 4) is 5.69 Å². The molecule has 0 amide bonds. The zero-order valence-electron chi connectivity index (χ0n) is 10.5. The van der Waals surface area contributed by atoms with Crippen LogP contribution in [0.3, 0.4) is 0 Å². The zero-order chi connectivity index (χ0) is 13.1. The van der Waals surface area contributed by atoms with E-state index in [1.54, 1.807) is 18.3 Å². The molecular weight excluding hydrogens is 248 g/mol. The number of hydrogen-bond acceptors (Lipinski definition) is 2. The van der Waals surface area contributed by atoms with Gasteiger partial charge in [0, 0.05) is 30.1 Å². The van der Waals surface area contributed by atoms with E-state index in [1.807, 2.05) is 16.8 Å². The first-order valence-corrected chi connectivity index (χ1v) is 6.34. The molecule has 0 aliphatic heterocycles. The summed E-state index contributed by atoms with van der Waals surface area (Å²) in [6.45, 7) is 3.63. The van der Waals surface area contributed by atoms with Crippen LogP contribution in [0.4, 0.5) is 0 Å². The SMILES string of the molecule is CCCc1nccn1-c1ccc(C(C)=O)c(Cl)c1. The Labute approximate surface area is 111 Å². The highest BCUT2D eigenvalue weighted by Crippen LogP contribution is 2.22. The first kappa shape index (κ1) is 12.8. The Morgan fingerprint density at radius 3 is 2.83 bits per heavy atom. The molecule has 4 heteroatoms. The van der Waals surface area contributed by atoms with Gasteiger partial charge in [0.2, 0.25) is 0 Å². The summed E-state index contributed by atoms with van der Waals surface area (Å²) in [7, 11) is 0. The lowest BCUT2D eigenvalue weighted by Crippen LogP contribution is -2.01. The van der Waals surface area contributed by atoms with Gasteiger partial charge in [0.15, 0.2) is 5.78 Å². The standard InChI is InChI=1S/C14H15ClN2O/c1-3-4-14-16-7-8-17(14)11-5-6-12(10(2)18)13(15)9-11/h5-9H,3-4H2,1-2H3. The number of carbonyl (C=O) groups excluding carboxylic acids is 1. The summed E-state index contributed by atoms with van der Waals surface area (Å²) >= 11 is 6.12. The maximum Gasteiger partial charge on any atom is 0.161 e. The number of aromatic nitrogens is 2. The van der Waals surface area contributed by atoms with Crippen LogP contribution in [0.1, 0.15) is 36.5 Å². The van der Waals surface area contributed by atoms with Gasteiger partial charge in [0.25, 0.3) is 0 Å². The van der Waals surface area contributed by atoms with Crippen LogP contribution in [0.25, 0.3) is 5.69 Å². The number of carbonyl (C=O) groups is 1. The third kappa shape index (κ3) is 2.46. The smallest absolute Gasteiger partial charge is 0.161 e. The van der Waals surface area contributed by atoms with E-state index in [-0.39, 0.29) is 5.78 Å². The van der Waals surface area contributed by atoms with Gasteiger partial charge < -0.3 is 4.57 Å². The van der Waals surface area contributed by atoms with Crippen molar-refractivity contribution in [3.63, 3.8) is 0 Å². The second kappa shape index (κ2) is 5.36. The van der Waals surface area contributed by atoms with Gasteiger partial charge in [0.05, 0.1) is 5.02 Å². The van der Waals surface area contributed by atoms with E-state index in [2.05, 4.69) is 11.9 Å². The molecule has 1 heterocycles. The van der Waals surface area contributed by atoms with Crippen LogP contribution in [0.5, 0.6) is 0 Å². The number of benzene rings is 1. The Balaban J connectivity index is 2.42. The molecule has 0 saturated heterocycles. The van der Waals surface area contributed by atoms with Crippen LogP contribution in [-0.4, -0.2) is 15.3 Å². The van der Waals surface area contributed by atoms with Crippen LogP contribution in [0.15, 0.2) is 30.6 Å². The lowest BCUT2D eigenvalue weighted by atomic mass is 10.1. The summed E-state index contributed by atoms with van der Waals surface area (Å²) in [4.78, 5) is 15.7. The maximum atomic E-state index is 11.3. The molecule has 0 aliphatic rings. The normalized spacial score (nSPS) is 10.6. The number of halogens is 1. The molecule has 0 aliphatic carbocycles. The Kier molecular flexibility index (Phi) is 3.82.